The predicted molar refractivity (Wildman–Crippen MR) is 275 cm³/mol. The third kappa shape index (κ3) is 11.8. The summed E-state index contributed by atoms with van der Waals surface area (Å²) >= 11 is 5.17. The topological polar surface area (TPSA) is 263 Å². The average molecular weight is 1010 g/mol. The number of aromatic carboxylic acids is 2. The van der Waals surface area contributed by atoms with E-state index in [0.717, 1.165) is 33.4 Å². The summed E-state index contributed by atoms with van der Waals surface area (Å²) in [5.41, 5.74) is 27.1. The van der Waals surface area contributed by atoms with Gasteiger partial charge in [-0.15, -0.1) is 0 Å². The second kappa shape index (κ2) is 22.9. The van der Waals surface area contributed by atoms with E-state index in [2.05, 4.69) is 0 Å². The van der Waals surface area contributed by atoms with E-state index in [1.54, 1.807) is 91.0 Å². The molecule has 10 rings (SSSR count). The standard InChI is InChI=1S/C28H22BNO6.C20H16N2O3.C7H4BClO2.ClH/c30-19-10-12-23-26(15-19)36-25-14-16(13-24(31)17-6-8-18(9-7-17)29(34)35)5-11-22(25)27(23)20-3-1-2-4-21(20)28(32)33;21-11-5-7-15-17(9-11)25-18-10-12(22)6-8-16(18)19(15)13-3-1-2-4-14(13)20(23)24;9-7(10)5-1-3-6(8-11)4-2-5;/h1-12,14-15,19,34-35H,13,30H2,(H,32,33);1-11H,21-22H2,(H,23,24);1-4H;1H/p-1. The molecule has 6 aromatic rings. The van der Waals surface area contributed by atoms with Gasteiger partial charge in [0.2, 0.25) is 0 Å². The van der Waals surface area contributed by atoms with E-state index >= 15 is 0 Å². The zero-order valence-electron chi connectivity index (χ0n) is 38.3. The average Bonchev–Trinajstić information content (AvgIpc) is 3.37. The van der Waals surface area contributed by atoms with Gasteiger partial charge in [0, 0.05) is 69.2 Å². The number of rotatable bonds is 10. The molecule has 0 saturated carbocycles. The molecule has 2 aliphatic carbocycles. The smallest absolute Gasteiger partial charge is 1.00 e. The molecule has 364 valence electrons. The second-order valence-electron chi connectivity index (χ2n) is 16.6. The minimum Gasteiger partial charge on any atom is -1.00 e. The molecule has 73 heavy (non-hydrogen) atoms. The molecule has 0 fully saturated rings. The van der Waals surface area contributed by atoms with Gasteiger partial charge in [-0.25, -0.2) is 9.59 Å². The number of hydrogen-bond acceptors (Lipinski definition) is 12. The number of benzene rings is 6. The maximum atomic E-state index is 12.9. The third-order valence-electron chi connectivity index (χ3n) is 11.8. The molecule has 18 heteroatoms. The van der Waals surface area contributed by atoms with Gasteiger partial charge in [-0.3, -0.25) is 4.79 Å². The summed E-state index contributed by atoms with van der Waals surface area (Å²) in [6.45, 7) is 0. The van der Waals surface area contributed by atoms with E-state index in [4.69, 9.17) is 38.3 Å². The van der Waals surface area contributed by atoms with Crippen LogP contribution in [0.25, 0.3) is 11.1 Å². The van der Waals surface area contributed by atoms with Crippen molar-refractivity contribution in [2.24, 2.45) is 11.5 Å². The second-order valence-corrected chi connectivity index (χ2v) is 17.0. The summed E-state index contributed by atoms with van der Waals surface area (Å²) in [5, 5.41) is 37.4. The Labute approximate surface area is 430 Å². The SMILES string of the molecule is NC1C=CC2=C(c3ccccc3C(=O)O)c3ccc(CC(=O)c4ccc(B(O)O)cc4)cc3OC2=C1.Nc1ccc2c(c1)OC1=CC(N)C=CC1=C2c1ccccc1C(=O)O.O=Bc1ccc(C(=O)Cl)cc1.[Cl-]. The number of ether oxygens (including phenoxy) is 2. The first-order chi connectivity index (χ1) is 34.6. The van der Waals surface area contributed by atoms with E-state index < -0.39 is 24.3 Å². The van der Waals surface area contributed by atoms with Crippen molar-refractivity contribution in [3.05, 3.63) is 243 Å². The van der Waals surface area contributed by atoms with Crippen molar-refractivity contribution >= 4 is 76.6 Å². The summed E-state index contributed by atoms with van der Waals surface area (Å²) in [6, 6.07) is 36.2. The van der Waals surface area contributed by atoms with Gasteiger partial charge in [0.25, 0.3) is 0 Å². The normalized spacial score (nSPS) is 15.4. The Bertz CT molecular complexity index is 3380. The van der Waals surface area contributed by atoms with Crippen LogP contribution in [0.4, 0.5) is 5.69 Å². The number of fused-ring (bicyclic) bond motifs is 4. The van der Waals surface area contributed by atoms with E-state index in [1.807, 2.05) is 54.6 Å². The quantitative estimate of drug-likeness (QED) is 0.0450. The van der Waals surface area contributed by atoms with Crippen LogP contribution in [0.1, 0.15) is 69.2 Å². The van der Waals surface area contributed by atoms with E-state index in [0.29, 0.717) is 74.6 Å². The Morgan fingerprint density at radius 3 is 1.58 bits per heavy atom. The molecule has 0 amide bonds. The van der Waals surface area contributed by atoms with Crippen LogP contribution < -0.4 is 50.0 Å². The number of carboxylic acid groups (broad SMARTS) is 2. The number of carbonyl (C=O) groups excluding carboxylic acids is 2. The molecule has 10 N–H and O–H groups in total. The first-order valence-electron chi connectivity index (χ1n) is 22.2. The molecule has 2 unspecified atom stereocenters. The molecule has 0 spiro atoms. The van der Waals surface area contributed by atoms with Gasteiger partial charge in [-0.2, -0.15) is 0 Å². The number of nitrogens with two attached hydrogens (primary N) is 3. The number of hydrogen-bond donors (Lipinski definition) is 7. The van der Waals surface area contributed by atoms with Crippen molar-refractivity contribution in [1.29, 1.82) is 0 Å². The zero-order chi connectivity index (χ0) is 51.2. The van der Waals surface area contributed by atoms with Gasteiger partial charge >= 0.3 is 87.8 Å². The van der Waals surface area contributed by atoms with Gasteiger partial charge in [0.05, 0.1) is 11.1 Å². The number of halogens is 2. The van der Waals surface area contributed by atoms with Crippen molar-refractivity contribution in [1.82, 2.24) is 0 Å². The molecule has 0 radical (unpaired) electrons. The minimum absolute atomic E-state index is 0. The summed E-state index contributed by atoms with van der Waals surface area (Å²) in [5.74, 6) is 0.0984. The maximum Gasteiger partial charge on any atom is -1.00 e. The molecule has 0 aromatic heterocycles. The number of Topliss-reactive ketones (excluding diaryl/α,β-unsaturated/α-hetero) is 1. The van der Waals surface area contributed by atoms with Crippen LogP contribution in [0.2, 0.25) is 0 Å². The molecule has 2 atom stereocenters. The molecule has 4 aliphatic rings. The number of anilines is 1. The molecule has 2 aliphatic heterocycles. The summed E-state index contributed by atoms with van der Waals surface area (Å²) in [4.78, 5) is 47.1. The fourth-order valence-electron chi connectivity index (χ4n) is 8.31. The number of ketones is 1. The van der Waals surface area contributed by atoms with E-state index in [9.17, 15) is 44.1 Å². The van der Waals surface area contributed by atoms with Gasteiger partial charge in [-0.1, -0.05) is 97.1 Å². The number of carboxylic acids is 2. The first kappa shape index (κ1) is 52.6. The number of nitrogen functional groups attached to an aromatic ring is 1. The Kier molecular flexibility index (Phi) is 16.5. The summed E-state index contributed by atoms with van der Waals surface area (Å²) < 4.78 is 22.3. The van der Waals surface area contributed by atoms with Gasteiger partial charge in [0.1, 0.15) is 23.0 Å². The zero-order valence-corrected chi connectivity index (χ0v) is 39.8. The van der Waals surface area contributed by atoms with Crippen LogP contribution >= 0.6 is 11.6 Å². The van der Waals surface area contributed by atoms with E-state index in [1.165, 1.54) is 24.3 Å². The molecule has 0 saturated heterocycles. The van der Waals surface area contributed by atoms with Crippen molar-refractivity contribution in [2.45, 2.75) is 18.5 Å². The van der Waals surface area contributed by atoms with Crippen LogP contribution in [0.5, 0.6) is 11.5 Å². The Morgan fingerprint density at radius 2 is 1.10 bits per heavy atom. The molecule has 14 nitrogen and oxygen atoms in total. The number of allylic oxidation sites excluding steroid dienone is 2. The van der Waals surface area contributed by atoms with Crippen molar-refractivity contribution in [3.63, 3.8) is 0 Å². The maximum absolute atomic E-state index is 12.9. The Hall–Kier alpha value is -8.21. The molecule has 6 aromatic carbocycles. The summed E-state index contributed by atoms with van der Waals surface area (Å²) in [6.07, 6.45) is 11.1. The fourth-order valence-corrected chi connectivity index (χ4v) is 8.44. The van der Waals surface area contributed by atoms with Crippen LogP contribution in [-0.4, -0.2) is 69.6 Å². The molecular weight excluding hydrogens is 971 g/mol. The van der Waals surface area contributed by atoms with Crippen molar-refractivity contribution in [3.8, 4) is 11.5 Å². The van der Waals surface area contributed by atoms with Crippen LogP contribution in [0.3, 0.4) is 0 Å². The fraction of sp³-hybridized carbons (Fsp3) is 0.0545. The largest absolute Gasteiger partial charge is 1.00 e. The first-order valence-corrected chi connectivity index (χ1v) is 22.6. The molecule has 2 heterocycles. The number of carbonyl (C=O) groups is 4. The van der Waals surface area contributed by atoms with Crippen LogP contribution in [0.15, 0.2) is 193 Å². The third-order valence-corrected chi connectivity index (χ3v) is 12.0. The molecular formula is C55H42B2Cl2N3O11-. The Balaban J connectivity index is 0.000000182. The van der Waals surface area contributed by atoms with Crippen LogP contribution in [-0.2, 0) is 11.1 Å². The van der Waals surface area contributed by atoms with Gasteiger partial charge < -0.3 is 59.3 Å². The van der Waals surface area contributed by atoms with Gasteiger partial charge in [-0.05, 0) is 64.6 Å². The van der Waals surface area contributed by atoms with Gasteiger partial charge in [0.15, 0.2) is 5.78 Å². The van der Waals surface area contributed by atoms with Crippen molar-refractivity contribution in [2.75, 3.05) is 5.73 Å². The molecule has 0 bridgehead atoms. The Morgan fingerprint density at radius 1 is 0.616 bits per heavy atom. The summed E-state index contributed by atoms with van der Waals surface area (Å²) in [7, 11) is -0.884. The minimum atomic E-state index is -1.59. The van der Waals surface area contributed by atoms with Crippen LogP contribution in [0, 0.1) is 0 Å². The van der Waals surface area contributed by atoms with E-state index in [-0.39, 0.29) is 47.8 Å². The monoisotopic (exact) mass is 1010 g/mol. The van der Waals surface area contributed by atoms with Crippen molar-refractivity contribution < 1.29 is 66.0 Å². The predicted octanol–water partition coefficient (Wildman–Crippen LogP) is 3.15.